The number of ether oxygens (including phenoxy) is 2. The van der Waals surface area contributed by atoms with Gasteiger partial charge in [-0.15, -0.1) is 0 Å². The van der Waals surface area contributed by atoms with Crippen molar-refractivity contribution < 1.29 is 14.3 Å². The van der Waals surface area contributed by atoms with E-state index in [4.69, 9.17) is 9.47 Å². The Morgan fingerprint density at radius 3 is 2.61 bits per heavy atom. The maximum atomic E-state index is 12.1. The fraction of sp³-hybridized carbons (Fsp3) is 0.158. The van der Waals surface area contributed by atoms with Crippen LogP contribution in [-0.2, 0) is 9.53 Å². The van der Waals surface area contributed by atoms with E-state index in [1.165, 1.54) is 0 Å². The Labute approximate surface area is 135 Å². The lowest BCUT2D eigenvalue weighted by molar-refractivity contribution is -0.129. The van der Waals surface area contributed by atoms with E-state index in [-0.39, 0.29) is 5.70 Å². The number of hydrogen-bond acceptors (Lipinski definition) is 4. The zero-order valence-electron chi connectivity index (χ0n) is 13.1. The summed E-state index contributed by atoms with van der Waals surface area (Å²) < 4.78 is 10.8. The summed E-state index contributed by atoms with van der Waals surface area (Å²) >= 11 is 0. The van der Waals surface area contributed by atoms with Crippen LogP contribution in [0, 0.1) is 6.92 Å². The lowest BCUT2D eigenvalue weighted by atomic mass is 10.1. The average Bonchev–Trinajstić information content (AvgIpc) is 2.91. The summed E-state index contributed by atoms with van der Waals surface area (Å²) in [4.78, 5) is 16.4. The maximum absolute atomic E-state index is 12.1. The van der Waals surface area contributed by atoms with Crippen molar-refractivity contribution in [2.24, 2.45) is 4.99 Å². The van der Waals surface area contributed by atoms with Gasteiger partial charge in [0, 0.05) is 11.1 Å². The minimum Gasteiger partial charge on any atom is -0.493 e. The summed E-state index contributed by atoms with van der Waals surface area (Å²) in [5, 5.41) is 0. The highest BCUT2D eigenvalue weighted by Crippen LogP contribution is 2.24. The normalized spacial score (nSPS) is 15.5. The van der Waals surface area contributed by atoms with E-state index in [9.17, 15) is 4.79 Å². The van der Waals surface area contributed by atoms with E-state index in [1.54, 1.807) is 6.08 Å². The number of esters is 1. The number of carbonyl (C=O) groups excluding carboxylic acids is 1. The first-order chi connectivity index (χ1) is 11.2. The molecule has 116 valence electrons. The second kappa shape index (κ2) is 6.48. The highest BCUT2D eigenvalue weighted by atomic mass is 16.6. The molecule has 4 nitrogen and oxygen atoms in total. The number of cyclic esters (lactones) is 1. The number of carbonyl (C=O) groups is 1. The second-order valence-corrected chi connectivity index (χ2v) is 5.17. The summed E-state index contributed by atoms with van der Waals surface area (Å²) in [5.41, 5.74) is 2.99. The topological polar surface area (TPSA) is 47.9 Å². The van der Waals surface area contributed by atoms with Gasteiger partial charge in [-0.2, -0.15) is 0 Å². The molecule has 1 heterocycles. The van der Waals surface area contributed by atoms with Crippen molar-refractivity contribution in [1.82, 2.24) is 0 Å². The Kier molecular flexibility index (Phi) is 4.24. The van der Waals surface area contributed by atoms with Crippen LogP contribution in [0.1, 0.15) is 23.6 Å². The van der Waals surface area contributed by atoms with E-state index in [0.29, 0.717) is 18.3 Å². The van der Waals surface area contributed by atoms with Gasteiger partial charge >= 0.3 is 5.97 Å². The Morgan fingerprint density at radius 1 is 1.13 bits per heavy atom. The third-order valence-corrected chi connectivity index (χ3v) is 3.43. The fourth-order valence-electron chi connectivity index (χ4n) is 2.26. The molecule has 0 amide bonds. The highest BCUT2D eigenvalue weighted by Gasteiger charge is 2.24. The highest BCUT2D eigenvalue weighted by molar-refractivity contribution is 6.12. The fourth-order valence-corrected chi connectivity index (χ4v) is 2.26. The van der Waals surface area contributed by atoms with E-state index in [2.05, 4.69) is 4.99 Å². The van der Waals surface area contributed by atoms with Gasteiger partial charge in [0.05, 0.1) is 6.61 Å². The number of hydrogen-bond donors (Lipinski definition) is 0. The Balaban J connectivity index is 1.94. The Hall–Kier alpha value is -2.88. The molecule has 0 aliphatic carbocycles. The molecular weight excluding hydrogens is 290 g/mol. The van der Waals surface area contributed by atoms with Crippen molar-refractivity contribution in [3.05, 3.63) is 70.9 Å². The largest absolute Gasteiger partial charge is 0.493 e. The molecule has 0 radical (unpaired) electrons. The summed E-state index contributed by atoms with van der Waals surface area (Å²) in [7, 11) is 0. The van der Waals surface area contributed by atoms with Gasteiger partial charge in [-0.3, -0.25) is 0 Å². The molecule has 1 aliphatic rings. The molecule has 0 fully saturated rings. The van der Waals surface area contributed by atoms with Crippen LogP contribution in [0.3, 0.4) is 0 Å². The molecule has 0 saturated carbocycles. The van der Waals surface area contributed by atoms with Crippen molar-refractivity contribution in [3.63, 3.8) is 0 Å². The number of aliphatic imine (C=N–C) groups is 1. The molecule has 0 atom stereocenters. The maximum Gasteiger partial charge on any atom is 0.363 e. The average molecular weight is 307 g/mol. The molecule has 0 bridgehead atoms. The van der Waals surface area contributed by atoms with Crippen molar-refractivity contribution >= 4 is 17.9 Å². The molecule has 23 heavy (non-hydrogen) atoms. The van der Waals surface area contributed by atoms with Crippen molar-refractivity contribution in [3.8, 4) is 5.75 Å². The van der Waals surface area contributed by atoms with Gasteiger partial charge in [-0.1, -0.05) is 35.9 Å². The lowest BCUT2D eigenvalue weighted by Crippen LogP contribution is -2.05. The van der Waals surface area contributed by atoms with Gasteiger partial charge < -0.3 is 9.47 Å². The molecule has 0 unspecified atom stereocenters. The first kappa shape index (κ1) is 15.0. The molecule has 0 N–H and O–H groups in total. The zero-order valence-corrected chi connectivity index (χ0v) is 13.1. The quantitative estimate of drug-likeness (QED) is 0.638. The van der Waals surface area contributed by atoms with Crippen LogP contribution in [0.5, 0.6) is 5.75 Å². The summed E-state index contributed by atoms with van der Waals surface area (Å²) in [5.74, 6) is 0.594. The molecule has 2 aromatic carbocycles. The molecule has 0 spiro atoms. The SMILES string of the molecule is CCOc1ccccc1C=C1N=C(c2ccc(C)cc2)OC1=O. The Bertz CT molecular complexity index is 789. The first-order valence-electron chi connectivity index (χ1n) is 7.49. The minimum atomic E-state index is -0.452. The predicted octanol–water partition coefficient (Wildman–Crippen LogP) is 3.74. The molecule has 0 aromatic heterocycles. The molecule has 0 saturated heterocycles. The van der Waals surface area contributed by atoms with Crippen molar-refractivity contribution in [2.45, 2.75) is 13.8 Å². The van der Waals surface area contributed by atoms with Crippen LogP contribution in [0.25, 0.3) is 6.08 Å². The van der Waals surface area contributed by atoms with Gasteiger partial charge in [-0.25, -0.2) is 9.79 Å². The van der Waals surface area contributed by atoms with E-state index < -0.39 is 5.97 Å². The number of para-hydroxylation sites is 1. The van der Waals surface area contributed by atoms with Crippen LogP contribution >= 0.6 is 0 Å². The molecule has 3 rings (SSSR count). The summed E-state index contributed by atoms with van der Waals surface area (Å²) in [6.45, 7) is 4.48. The van der Waals surface area contributed by atoms with Gasteiger partial charge in [-0.05, 0) is 38.1 Å². The molecule has 1 aliphatic heterocycles. The first-order valence-corrected chi connectivity index (χ1v) is 7.49. The Morgan fingerprint density at radius 2 is 1.87 bits per heavy atom. The zero-order chi connectivity index (χ0) is 16.2. The van der Waals surface area contributed by atoms with Crippen LogP contribution < -0.4 is 4.74 Å². The van der Waals surface area contributed by atoms with E-state index in [1.807, 2.05) is 62.4 Å². The number of rotatable bonds is 4. The van der Waals surface area contributed by atoms with Crippen LogP contribution in [0.4, 0.5) is 0 Å². The van der Waals surface area contributed by atoms with Gasteiger partial charge in [0.15, 0.2) is 5.70 Å². The van der Waals surface area contributed by atoms with Gasteiger partial charge in [0.2, 0.25) is 5.90 Å². The lowest BCUT2D eigenvalue weighted by Gasteiger charge is -2.06. The predicted molar refractivity (Wildman–Crippen MR) is 89.4 cm³/mol. The summed E-state index contributed by atoms with van der Waals surface area (Å²) in [6.07, 6.45) is 1.69. The monoisotopic (exact) mass is 307 g/mol. The van der Waals surface area contributed by atoms with Crippen molar-refractivity contribution in [1.29, 1.82) is 0 Å². The smallest absolute Gasteiger partial charge is 0.363 e. The third-order valence-electron chi connectivity index (χ3n) is 3.43. The standard InChI is InChI=1S/C19H17NO3/c1-3-22-17-7-5-4-6-15(17)12-16-19(21)23-18(20-16)14-10-8-13(2)9-11-14/h4-12H,3H2,1-2H3. The third kappa shape index (κ3) is 3.31. The molecule has 2 aromatic rings. The number of aryl methyl sites for hydroxylation is 1. The number of nitrogens with zero attached hydrogens (tertiary/aromatic N) is 1. The van der Waals surface area contributed by atoms with Gasteiger partial charge in [0.1, 0.15) is 5.75 Å². The van der Waals surface area contributed by atoms with E-state index >= 15 is 0 Å². The van der Waals surface area contributed by atoms with Crippen LogP contribution in [0.2, 0.25) is 0 Å². The van der Waals surface area contributed by atoms with Crippen LogP contribution in [-0.4, -0.2) is 18.5 Å². The summed E-state index contributed by atoms with van der Waals surface area (Å²) in [6, 6.07) is 15.2. The van der Waals surface area contributed by atoms with E-state index in [0.717, 1.165) is 16.7 Å². The molecule has 4 heteroatoms. The minimum absolute atomic E-state index is 0.271. The van der Waals surface area contributed by atoms with Crippen molar-refractivity contribution in [2.75, 3.05) is 6.61 Å². The number of benzene rings is 2. The second-order valence-electron chi connectivity index (χ2n) is 5.17. The molecular formula is C19H17NO3. The van der Waals surface area contributed by atoms with Crippen LogP contribution in [0.15, 0.2) is 59.2 Å². The van der Waals surface area contributed by atoms with Gasteiger partial charge in [0.25, 0.3) is 0 Å².